The maximum Gasteiger partial charge on any atom is 0.193 e. The lowest BCUT2D eigenvalue weighted by molar-refractivity contribution is 0.476. The minimum atomic E-state index is -3.34. The van der Waals surface area contributed by atoms with E-state index in [4.69, 9.17) is 0 Å². The molecule has 8 heteroatoms. The molecule has 1 N–H and O–H groups in total. The molecule has 0 aliphatic heterocycles. The monoisotopic (exact) mass is 491 g/mol. The smallest absolute Gasteiger partial charge is 0.193 e. The van der Waals surface area contributed by atoms with E-state index < -0.39 is 9.84 Å². The minimum absolute atomic E-state index is 0. The van der Waals surface area contributed by atoms with Crippen LogP contribution < -0.4 is 5.32 Å². The summed E-state index contributed by atoms with van der Waals surface area (Å²) >= 11 is 0. The maximum atomic E-state index is 13.3. The number of hydrogen-bond donors (Lipinski definition) is 1. The van der Waals surface area contributed by atoms with E-state index in [1.54, 1.807) is 43.4 Å². The predicted molar refractivity (Wildman–Crippen MR) is 113 cm³/mol. The van der Waals surface area contributed by atoms with E-state index >= 15 is 0 Å². The Kier molecular flexibility index (Phi) is 9.00. The summed E-state index contributed by atoms with van der Waals surface area (Å²) in [7, 11) is 0.0926. The molecule has 0 saturated carbocycles. The highest BCUT2D eigenvalue weighted by atomic mass is 127. The Balaban J connectivity index is 0.00000338. The number of hydrogen-bond acceptors (Lipinski definition) is 3. The van der Waals surface area contributed by atoms with Crippen LogP contribution in [0, 0.1) is 5.82 Å². The van der Waals surface area contributed by atoms with Crippen molar-refractivity contribution in [2.45, 2.75) is 11.4 Å². The van der Waals surface area contributed by atoms with E-state index in [0.29, 0.717) is 17.4 Å². The lowest BCUT2D eigenvalue weighted by Crippen LogP contribution is -2.40. The van der Waals surface area contributed by atoms with Gasteiger partial charge in [0.05, 0.1) is 10.6 Å². The van der Waals surface area contributed by atoms with Gasteiger partial charge in [0.25, 0.3) is 0 Å². The molecule has 2 rings (SSSR count). The molecule has 2 aromatic carbocycles. The van der Waals surface area contributed by atoms with Crippen molar-refractivity contribution in [3.8, 4) is 0 Å². The van der Waals surface area contributed by atoms with E-state index in [9.17, 15) is 12.8 Å². The van der Waals surface area contributed by atoms with Crippen LogP contribution in [0.2, 0.25) is 0 Å². The highest BCUT2D eigenvalue weighted by Gasteiger charge is 2.14. The summed E-state index contributed by atoms with van der Waals surface area (Å²) in [5.41, 5.74) is 0.808. The highest BCUT2D eigenvalue weighted by Crippen LogP contribution is 2.09. The molecule has 142 valence electrons. The zero-order valence-corrected chi connectivity index (χ0v) is 17.9. The molecule has 2 aromatic rings. The average Bonchev–Trinajstić information content (AvgIpc) is 2.59. The van der Waals surface area contributed by atoms with Crippen molar-refractivity contribution < 1.29 is 12.8 Å². The van der Waals surface area contributed by atoms with E-state index in [0.717, 1.165) is 5.56 Å². The molecule has 0 aromatic heterocycles. The normalized spacial score (nSPS) is 11.6. The van der Waals surface area contributed by atoms with Gasteiger partial charge in [0.2, 0.25) is 0 Å². The zero-order chi connectivity index (χ0) is 18.3. The first-order chi connectivity index (χ1) is 11.9. The average molecular weight is 491 g/mol. The van der Waals surface area contributed by atoms with Gasteiger partial charge in [-0.05, 0) is 29.8 Å². The number of nitrogens with one attached hydrogen (secondary N) is 1. The molecule has 0 radical (unpaired) electrons. The fourth-order valence-corrected chi connectivity index (χ4v) is 3.59. The number of aliphatic imine (C=N–C) groups is 1. The van der Waals surface area contributed by atoms with Crippen molar-refractivity contribution in [2.75, 3.05) is 26.4 Å². The topological polar surface area (TPSA) is 61.8 Å². The van der Waals surface area contributed by atoms with Crippen LogP contribution in [-0.2, 0) is 16.4 Å². The molecule has 0 saturated heterocycles. The first kappa shape index (κ1) is 22.4. The van der Waals surface area contributed by atoms with Gasteiger partial charge in [0.1, 0.15) is 5.82 Å². The molecule has 0 aliphatic rings. The minimum Gasteiger partial charge on any atom is -0.355 e. The third-order valence-electron chi connectivity index (χ3n) is 3.64. The van der Waals surface area contributed by atoms with Crippen molar-refractivity contribution in [1.29, 1.82) is 0 Å². The van der Waals surface area contributed by atoms with Gasteiger partial charge in [-0.15, -0.1) is 24.0 Å². The van der Waals surface area contributed by atoms with Crippen LogP contribution in [0.5, 0.6) is 0 Å². The number of benzene rings is 2. The zero-order valence-electron chi connectivity index (χ0n) is 14.7. The molecule has 0 bridgehead atoms. The van der Waals surface area contributed by atoms with Crippen molar-refractivity contribution in [3.05, 3.63) is 66.0 Å². The summed E-state index contributed by atoms with van der Waals surface area (Å²) in [5, 5.41) is 3.03. The van der Waals surface area contributed by atoms with Gasteiger partial charge in [-0.2, -0.15) is 0 Å². The third kappa shape index (κ3) is 6.56. The summed E-state index contributed by atoms with van der Waals surface area (Å²) in [5.74, 6) is 0.222. The Morgan fingerprint density at radius 3 is 2.46 bits per heavy atom. The molecule has 0 unspecified atom stereocenters. The van der Waals surface area contributed by atoms with Crippen molar-refractivity contribution in [1.82, 2.24) is 10.2 Å². The van der Waals surface area contributed by atoms with Gasteiger partial charge in [0.15, 0.2) is 15.8 Å². The Morgan fingerprint density at radius 2 is 1.85 bits per heavy atom. The molecule has 0 atom stereocenters. The van der Waals surface area contributed by atoms with E-state index in [-0.39, 0.29) is 42.1 Å². The highest BCUT2D eigenvalue weighted by molar-refractivity contribution is 14.0. The largest absolute Gasteiger partial charge is 0.355 e. The van der Waals surface area contributed by atoms with Gasteiger partial charge in [0, 0.05) is 27.2 Å². The lowest BCUT2D eigenvalue weighted by Gasteiger charge is -2.22. The van der Waals surface area contributed by atoms with Crippen LogP contribution in [0.15, 0.2) is 64.5 Å². The summed E-state index contributed by atoms with van der Waals surface area (Å²) in [6.45, 7) is 0.695. The van der Waals surface area contributed by atoms with Gasteiger partial charge >= 0.3 is 0 Å². The first-order valence-electron chi connectivity index (χ1n) is 7.86. The summed E-state index contributed by atoms with van der Waals surface area (Å²) < 4.78 is 37.8. The van der Waals surface area contributed by atoms with Gasteiger partial charge in [-0.25, -0.2) is 12.8 Å². The second-order valence-corrected chi connectivity index (χ2v) is 7.70. The summed E-state index contributed by atoms with van der Waals surface area (Å²) in [6, 6.07) is 14.7. The summed E-state index contributed by atoms with van der Waals surface area (Å²) in [6.07, 6.45) is 0. The van der Waals surface area contributed by atoms with Crippen molar-refractivity contribution in [2.24, 2.45) is 4.99 Å². The van der Waals surface area contributed by atoms with Gasteiger partial charge in [-0.1, -0.05) is 30.3 Å². The van der Waals surface area contributed by atoms with Crippen LogP contribution in [0.4, 0.5) is 4.39 Å². The van der Waals surface area contributed by atoms with E-state index in [2.05, 4.69) is 10.3 Å². The van der Waals surface area contributed by atoms with Crippen LogP contribution in [0.1, 0.15) is 5.56 Å². The SMILES string of the molecule is CN=C(NCCS(=O)(=O)c1ccccc1)N(C)Cc1cccc(F)c1.I. The quantitative estimate of drug-likeness (QED) is 0.384. The molecule has 26 heavy (non-hydrogen) atoms. The molecule has 0 amide bonds. The second kappa shape index (κ2) is 10.5. The Hall–Kier alpha value is -1.68. The number of rotatable bonds is 6. The number of guanidine groups is 1. The third-order valence-corrected chi connectivity index (χ3v) is 5.37. The standard InChI is InChI=1S/C18H22FN3O2S.HI/c1-20-18(22(2)14-15-7-6-8-16(19)13-15)21-11-12-25(23,24)17-9-4-3-5-10-17;/h3-10,13H,11-12,14H2,1-2H3,(H,20,21);1H. The van der Waals surface area contributed by atoms with Gasteiger partial charge in [-0.3, -0.25) is 4.99 Å². The lowest BCUT2D eigenvalue weighted by atomic mass is 10.2. The molecule has 0 heterocycles. The van der Waals surface area contributed by atoms with Crippen LogP contribution in [0.25, 0.3) is 0 Å². The van der Waals surface area contributed by atoms with Gasteiger partial charge < -0.3 is 10.2 Å². The molecule has 0 spiro atoms. The van der Waals surface area contributed by atoms with Crippen LogP contribution >= 0.6 is 24.0 Å². The van der Waals surface area contributed by atoms with Crippen molar-refractivity contribution in [3.63, 3.8) is 0 Å². The molecule has 5 nitrogen and oxygen atoms in total. The Bertz CT molecular complexity index is 829. The van der Waals surface area contributed by atoms with Crippen molar-refractivity contribution >= 4 is 39.8 Å². The van der Waals surface area contributed by atoms with E-state index in [1.165, 1.54) is 12.1 Å². The fraction of sp³-hybridized carbons (Fsp3) is 0.278. The summed E-state index contributed by atoms with van der Waals surface area (Å²) in [4.78, 5) is 6.26. The number of sulfone groups is 1. The number of nitrogens with zero attached hydrogens (tertiary/aromatic N) is 2. The first-order valence-corrected chi connectivity index (χ1v) is 9.51. The van der Waals surface area contributed by atoms with Crippen LogP contribution in [-0.4, -0.2) is 45.7 Å². The molecular formula is C18H23FIN3O2S. The Morgan fingerprint density at radius 1 is 1.15 bits per heavy atom. The molecular weight excluding hydrogens is 468 g/mol. The van der Waals surface area contributed by atoms with Crippen LogP contribution in [0.3, 0.4) is 0 Å². The van der Waals surface area contributed by atoms with E-state index in [1.807, 2.05) is 18.0 Å². The molecule has 0 fully saturated rings. The second-order valence-electron chi connectivity index (χ2n) is 5.59. The molecule has 0 aliphatic carbocycles. The fourth-order valence-electron chi connectivity index (χ4n) is 2.41. The maximum absolute atomic E-state index is 13.3. The Labute approximate surface area is 171 Å². The predicted octanol–water partition coefficient (Wildman–Crippen LogP) is 2.92. The number of halogens is 2.